The lowest BCUT2D eigenvalue weighted by Gasteiger charge is -2.37. The van der Waals surface area contributed by atoms with Crippen LogP contribution in [0.3, 0.4) is 0 Å². The Morgan fingerprint density at radius 2 is 1.92 bits per heavy atom. The number of rotatable bonds is 4. The molecule has 9 heteroatoms. The van der Waals surface area contributed by atoms with E-state index >= 15 is 4.39 Å². The van der Waals surface area contributed by atoms with Gasteiger partial charge in [-0.2, -0.15) is 5.10 Å². The molecule has 3 atom stereocenters. The standard InChI is InChI=1S/C27H26ClFN6O/c1-14-15(2)32-26-24(31-14)23(21-6-3-18(28)10-22(21)29)33-25(34-26)16-9-20-7-8-27(11-16,36-20)17-12-30-35(13-17)19-4-5-19/h3,6,10,12-13,16,19-20H,4-5,7-9,11H2,1-2H3/t16-,20?,27+/m0/s1. The summed E-state index contributed by atoms with van der Waals surface area (Å²) in [5.41, 5.74) is 4.10. The lowest BCUT2D eigenvalue weighted by molar-refractivity contribution is -0.0903. The Balaban J connectivity index is 1.34. The van der Waals surface area contributed by atoms with Crippen molar-refractivity contribution in [3.63, 3.8) is 0 Å². The first-order valence-corrected chi connectivity index (χ1v) is 13.0. The minimum absolute atomic E-state index is 0.0532. The van der Waals surface area contributed by atoms with Gasteiger partial charge in [0.05, 0.1) is 35.3 Å². The molecule has 0 N–H and O–H groups in total. The molecule has 2 bridgehead atoms. The zero-order valence-corrected chi connectivity index (χ0v) is 21.0. The number of fused-ring (bicyclic) bond motifs is 3. The summed E-state index contributed by atoms with van der Waals surface area (Å²) in [6.07, 6.45) is 10.2. The van der Waals surface area contributed by atoms with Crippen LogP contribution < -0.4 is 0 Å². The van der Waals surface area contributed by atoms with E-state index in [1.807, 2.05) is 20.0 Å². The first-order chi connectivity index (χ1) is 17.4. The van der Waals surface area contributed by atoms with Crippen molar-refractivity contribution in [2.45, 2.75) is 76.0 Å². The third-order valence-corrected chi connectivity index (χ3v) is 8.18. The Labute approximate surface area is 213 Å². The number of hydrogen-bond acceptors (Lipinski definition) is 6. The van der Waals surface area contributed by atoms with Gasteiger partial charge in [-0.3, -0.25) is 4.68 Å². The van der Waals surface area contributed by atoms with E-state index in [2.05, 4.69) is 16.0 Å². The Morgan fingerprint density at radius 3 is 2.72 bits per heavy atom. The second kappa shape index (κ2) is 8.02. The van der Waals surface area contributed by atoms with Crippen molar-refractivity contribution in [3.8, 4) is 11.3 Å². The van der Waals surface area contributed by atoms with Crippen LogP contribution in [0, 0.1) is 19.7 Å². The fourth-order valence-corrected chi connectivity index (χ4v) is 5.92. The molecule has 3 aromatic heterocycles. The zero-order valence-electron chi connectivity index (χ0n) is 20.2. The molecule has 0 radical (unpaired) electrons. The molecule has 7 nitrogen and oxygen atoms in total. The third-order valence-electron chi connectivity index (χ3n) is 7.95. The van der Waals surface area contributed by atoms with Crippen LogP contribution in [0.4, 0.5) is 4.39 Å². The van der Waals surface area contributed by atoms with Crippen molar-refractivity contribution in [1.82, 2.24) is 29.7 Å². The normalized spacial score (nSPS) is 25.6. The molecule has 1 saturated carbocycles. The van der Waals surface area contributed by atoms with Crippen LogP contribution in [-0.4, -0.2) is 35.8 Å². The summed E-state index contributed by atoms with van der Waals surface area (Å²) >= 11 is 6.04. The maximum atomic E-state index is 15.1. The number of aryl methyl sites for hydroxylation is 2. The molecule has 2 aliphatic heterocycles. The Morgan fingerprint density at radius 1 is 1.08 bits per heavy atom. The van der Waals surface area contributed by atoms with Gasteiger partial charge in [0.1, 0.15) is 22.9 Å². The number of hydrogen-bond donors (Lipinski definition) is 0. The minimum atomic E-state index is -0.440. The van der Waals surface area contributed by atoms with E-state index in [-0.39, 0.29) is 17.6 Å². The molecule has 1 aromatic carbocycles. The van der Waals surface area contributed by atoms with Crippen LogP contribution in [-0.2, 0) is 10.3 Å². The Bertz CT molecular complexity index is 1520. The van der Waals surface area contributed by atoms with Gasteiger partial charge < -0.3 is 4.74 Å². The highest BCUT2D eigenvalue weighted by Gasteiger charge is 2.50. The van der Waals surface area contributed by atoms with Crippen molar-refractivity contribution < 1.29 is 9.13 Å². The highest BCUT2D eigenvalue weighted by Crippen LogP contribution is 2.53. The number of benzene rings is 1. The highest BCUT2D eigenvalue weighted by molar-refractivity contribution is 6.30. The van der Waals surface area contributed by atoms with Gasteiger partial charge in [-0.25, -0.2) is 24.3 Å². The van der Waals surface area contributed by atoms with E-state index in [0.29, 0.717) is 39.3 Å². The van der Waals surface area contributed by atoms with Gasteiger partial charge in [-0.15, -0.1) is 0 Å². The summed E-state index contributed by atoms with van der Waals surface area (Å²) in [5.74, 6) is 0.278. The summed E-state index contributed by atoms with van der Waals surface area (Å²) in [4.78, 5) is 19.3. The van der Waals surface area contributed by atoms with E-state index in [9.17, 15) is 0 Å². The lowest BCUT2D eigenvalue weighted by Crippen LogP contribution is -2.34. The van der Waals surface area contributed by atoms with Gasteiger partial charge in [-0.1, -0.05) is 11.6 Å². The van der Waals surface area contributed by atoms with E-state index < -0.39 is 5.82 Å². The minimum Gasteiger partial charge on any atom is -0.367 e. The van der Waals surface area contributed by atoms with E-state index in [1.54, 1.807) is 12.1 Å². The van der Waals surface area contributed by atoms with Crippen LogP contribution in [0.5, 0.6) is 0 Å². The lowest BCUT2D eigenvalue weighted by atomic mass is 9.82. The van der Waals surface area contributed by atoms with Gasteiger partial charge in [-0.05, 0) is 70.6 Å². The van der Waals surface area contributed by atoms with Gasteiger partial charge in [0.2, 0.25) is 0 Å². The van der Waals surface area contributed by atoms with Crippen LogP contribution in [0.15, 0.2) is 30.6 Å². The van der Waals surface area contributed by atoms with Crippen LogP contribution >= 0.6 is 11.6 Å². The molecule has 7 rings (SSSR count). The van der Waals surface area contributed by atoms with Gasteiger partial charge >= 0.3 is 0 Å². The number of nitrogens with zero attached hydrogens (tertiary/aromatic N) is 6. The number of aromatic nitrogens is 6. The van der Waals surface area contributed by atoms with E-state index in [1.165, 1.54) is 18.9 Å². The molecule has 184 valence electrons. The quantitative estimate of drug-likeness (QED) is 0.340. The molecule has 0 spiro atoms. The molecular weight excluding hydrogens is 479 g/mol. The van der Waals surface area contributed by atoms with Crippen molar-refractivity contribution in [2.24, 2.45) is 0 Å². The third kappa shape index (κ3) is 3.61. The molecule has 1 aliphatic carbocycles. The molecule has 1 unspecified atom stereocenters. The largest absolute Gasteiger partial charge is 0.367 e. The van der Waals surface area contributed by atoms with Gasteiger partial charge in [0.15, 0.2) is 5.65 Å². The summed E-state index contributed by atoms with van der Waals surface area (Å²) in [7, 11) is 0. The molecule has 3 fully saturated rings. The summed E-state index contributed by atoms with van der Waals surface area (Å²) in [6.45, 7) is 3.80. The molecule has 5 heterocycles. The Kier molecular flexibility index (Phi) is 4.95. The summed E-state index contributed by atoms with van der Waals surface area (Å²) in [6, 6.07) is 5.16. The predicted molar refractivity (Wildman–Crippen MR) is 133 cm³/mol. The average Bonchev–Trinajstić information content (AvgIpc) is 3.49. The van der Waals surface area contributed by atoms with Gasteiger partial charge in [0.25, 0.3) is 0 Å². The maximum Gasteiger partial charge on any atom is 0.182 e. The second-order valence-electron chi connectivity index (χ2n) is 10.5. The topological polar surface area (TPSA) is 78.6 Å². The van der Waals surface area contributed by atoms with Crippen LogP contribution in [0.25, 0.3) is 22.4 Å². The van der Waals surface area contributed by atoms with Crippen molar-refractivity contribution >= 4 is 22.8 Å². The monoisotopic (exact) mass is 504 g/mol. The van der Waals surface area contributed by atoms with Crippen LogP contribution in [0.1, 0.15) is 73.3 Å². The zero-order chi connectivity index (χ0) is 24.6. The molecule has 4 aromatic rings. The first kappa shape index (κ1) is 22.2. The van der Waals surface area contributed by atoms with Crippen molar-refractivity contribution in [3.05, 3.63) is 64.2 Å². The van der Waals surface area contributed by atoms with E-state index in [4.69, 9.17) is 36.3 Å². The van der Waals surface area contributed by atoms with Crippen LogP contribution in [0.2, 0.25) is 5.02 Å². The van der Waals surface area contributed by atoms with Crippen molar-refractivity contribution in [2.75, 3.05) is 0 Å². The fraction of sp³-hybridized carbons (Fsp3) is 0.444. The second-order valence-corrected chi connectivity index (χ2v) is 10.9. The fourth-order valence-electron chi connectivity index (χ4n) is 5.77. The van der Waals surface area contributed by atoms with Gasteiger partial charge in [0, 0.05) is 28.3 Å². The average molecular weight is 505 g/mol. The number of ether oxygens (including phenoxy) is 1. The smallest absolute Gasteiger partial charge is 0.182 e. The number of halogens is 2. The summed E-state index contributed by atoms with van der Waals surface area (Å²) < 4.78 is 23.8. The molecule has 3 aliphatic rings. The van der Waals surface area contributed by atoms with Crippen molar-refractivity contribution in [1.29, 1.82) is 0 Å². The predicted octanol–water partition coefficient (Wildman–Crippen LogP) is 5.98. The molecule has 0 amide bonds. The molecular formula is C27H26ClFN6O. The summed E-state index contributed by atoms with van der Waals surface area (Å²) in [5, 5.41) is 4.96. The Hall–Kier alpha value is -2.97. The van der Waals surface area contributed by atoms with E-state index in [0.717, 1.165) is 42.6 Å². The molecule has 2 saturated heterocycles. The highest BCUT2D eigenvalue weighted by atomic mass is 35.5. The SMILES string of the molecule is Cc1nc2nc([C@H]3CC4CC[C@](c5cnn(C6CC6)c5)(C3)O4)nc(-c3ccc(Cl)cc3F)c2nc1C. The first-order valence-electron chi connectivity index (χ1n) is 12.6. The molecule has 36 heavy (non-hydrogen) atoms. The maximum absolute atomic E-state index is 15.1.